The van der Waals surface area contributed by atoms with Gasteiger partial charge in [-0.1, -0.05) is 29.8 Å². The van der Waals surface area contributed by atoms with Gasteiger partial charge >= 0.3 is 6.03 Å². The maximum atomic E-state index is 13.3. The molecule has 0 saturated carbocycles. The van der Waals surface area contributed by atoms with Crippen LogP contribution in [-0.4, -0.2) is 38.0 Å². The summed E-state index contributed by atoms with van der Waals surface area (Å²) in [6.07, 6.45) is 0. The standard InChI is InChI=1S/C19H19ClN2O3S/c1-12-4-3-5-14(8-12)21-17-10-26(24,25)11-18(17)22(19(21)23)15-7-6-13(2)16(20)9-15/h3-9,17-18H,10-11H2,1-2H3/t17-,18-/m0/s1. The van der Waals surface area contributed by atoms with E-state index in [1.54, 1.807) is 15.9 Å². The van der Waals surface area contributed by atoms with E-state index in [0.29, 0.717) is 10.7 Å². The van der Waals surface area contributed by atoms with Crippen LogP contribution in [0.1, 0.15) is 11.1 Å². The van der Waals surface area contributed by atoms with E-state index in [1.165, 1.54) is 0 Å². The molecular formula is C19H19ClN2O3S. The number of carbonyl (C=O) groups is 1. The van der Waals surface area contributed by atoms with Crippen LogP contribution >= 0.6 is 11.6 Å². The molecule has 0 radical (unpaired) electrons. The Bertz CT molecular complexity index is 1010. The molecular weight excluding hydrogens is 372 g/mol. The summed E-state index contributed by atoms with van der Waals surface area (Å²) < 4.78 is 24.6. The molecule has 0 unspecified atom stereocenters. The van der Waals surface area contributed by atoms with E-state index in [9.17, 15) is 13.2 Å². The molecule has 0 aliphatic carbocycles. The highest BCUT2D eigenvalue weighted by Gasteiger charge is 2.54. The third-order valence-corrected chi connectivity index (χ3v) is 7.19. The molecule has 5 nitrogen and oxygen atoms in total. The molecule has 2 heterocycles. The number of halogens is 1. The third kappa shape index (κ3) is 2.77. The molecule has 2 aliphatic rings. The Balaban J connectivity index is 1.82. The smallest absolute Gasteiger partial charge is 0.288 e. The number of rotatable bonds is 2. The summed E-state index contributed by atoms with van der Waals surface area (Å²) in [5.41, 5.74) is 3.29. The summed E-state index contributed by atoms with van der Waals surface area (Å²) in [5, 5.41) is 0.557. The molecule has 4 rings (SSSR count). The molecule has 2 atom stereocenters. The average molecular weight is 391 g/mol. The van der Waals surface area contributed by atoms with Gasteiger partial charge in [0.05, 0.1) is 23.6 Å². The van der Waals surface area contributed by atoms with Crippen LogP contribution in [0.3, 0.4) is 0 Å². The van der Waals surface area contributed by atoms with E-state index < -0.39 is 21.9 Å². The molecule has 2 aromatic carbocycles. The highest BCUT2D eigenvalue weighted by Crippen LogP contribution is 2.39. The number of hydrogen-bond acceptors (Lipinski definition) is 3. The normalized spacial score (nSPS) is 24.2. The minimum atomic E-state index is -3.21. The van der Waals surface area contributed by atoms with Crippen molar-refractivity contribution in [3.63, 3.8) is 0 Å². The van der Waals surface area contributed by atoms with Gasteiger partial charge in [0.15, 0.2) is 9.84 Å². The maximum absolute atomic E-state index is 13.3. The predicted octanol–water partition coefficient (Wildman–Crippen LogP) is 3.57. The Morgan fingerprint density at radius 1 is 0.962 bits per heavy atom. The van der Waals surface area contributed by atoms with Gasteiger partial charge in [-0.15, -0.1) is 0 Å². The van der Waals surface area contributed by atoms with Crippen LogP contribution in [0.5, 0.6) is 0 Å². The van der Waals surface area contributed by atoms with Gasteiger partial charge in [0, 0.05) is 16.4 Å². The van der Waals surface area contributed by atoms with E-state index in [-0.39, 0.29) is 17.5 Å². The molecule has 0 N–H and O–H groups in total. The Morgan fingerprint density at radius 3 is 2.15 bits per heavy atom. The van der Waals surface area contributed by atoms with Crippen molar-refractivity contribution in [1.82, 2.24) is 0 Å². The first-order valence-corrected chi connectivity index (χ1v) is 10.6. The number of carbonyl (C=O) groups excluding carboxylic acids is 1. The first kappa shape index (κ1) is 17.4. The van der Waals surface area contributed by atoms with Crippen molar-refractivity contribution in [1.29, 1.82) is 0 Å². The quantitative estimate of drug-likeness (QED) is 0.736. The van der Waals surface area contributed by atoms with E-state index in [2.05, 4.69) is 0 Å². The van der Waals surface area contributed by atoms with Crippen molar-refractivity contribution in [2.75, 3.05) is 21.3 Å². The lowest BCUT2D eigenvalue weighted by Gasteiger charge is -2.23. The molecule has 2 aromatic rings. The molecule has 26 heavy (non-hydrogen) atoms. The summed E-state index contributed by atoms with van der Waals surface area (Å²) >= 11 is 6.24. The number of nitrogens with zero attached hydrogens (tertiary/aromatic N) is 2. The van der Waals surface area contributed by atoms with Crippen molar-refractivity contribution in [3.8, 4) is 0 Å². The predicted molar refractivity (Wildman–Crippen MR) is 104 cm³/mol. The van der Waals surface area contributed by atoms with Crippen LogP contribution in [0.25, 0.3) is 0 Å². The second kappa shape index (κ2) is 5.99. The zero-order valence-electron chi connectivity index (χ0n) is 14.5. The number of hydrogen-bond donors (Lipinski definition) is 0. The molecule has 7 heteroatoms. The van der Waals surface area contributed by atoms with E-state index in [0.717, 1.165) is 16.8 Å². The fraction of sp³-hybridized carbons (Fsp3) is 0.316. The number of aryl methyl sites for hydroxylation is 2. The summed E-state index contributed by atoms with van der Waals surface area (Å²) in [5.74, 6) is -0.0509. The van der Waals surface area contributed by atoms with E-state index >= 15 is 0 Å². The summed E-state index contributed by atoms with van der Waals surface area (Å²) in [7, 11) is -3.21. The summed E-state index contributed by atoms with van der Waals surface area (Å²) in [6.45, 7) is 3.84. The molecule has 0 aromatic heterocycles. The average Bonchev–Trinajstić information content (AvgIpc) is 2.99. The number of urea groups is 1. The van der Waals surface area contributed by atoms with Crippen LogP contribution in [-0.2, 0) is 9.84 Å². The number of fused-ring (bicyclic) bond motifs is 1. The van der Waals surface area contributed by atoms with Crippen LogP contribution in [0, 0.1) is 13.8 Å². The zero-order chi connectivity index (χ0) is 18.6. The van der Waals surface area contributed by atoms with Gasteiger partial charge in [-0.2, -0.15) is 0 Å². The van der Waals surface area contributed by atoms with Crippen LogP contribution in [0.2, 0.25) is 5.02 Å². The minimum Gasteiger partial charge on any atom is -0.288 e. The van der Waals surface area contributed by atoms with Crippen molar-refractivity contribution < 1.29 is 13.2 Å². The van der Waals surface area contributed by atoms with Gasteiger partial charge in [-0.25, -0.2) is 13.2 Å². The number of anilines is 2. The van der Waals surface area contributed by atoms with E-state index in [1.807, 2.05) is 50.2 Å². The van der Waals surface area contributed by atoms with Gasteiger partial charge < -0.3 is 0 Å². The molecule has 2 fully saturated rings. The monoisotopic (exact) mass is 390 g/mol. The SMILES string of the molecule is Cc1cccc(N2C(=O)N(c3ccc(C)c(Cl)c3)[C@H]3CS(=O)(=O)C[C@@H]32)c1. The lowest BCUT2D eigenvalue weighted by Crippen LogP contribution is -2.38. The Morgan fingerprint density at radius 2 is 1.58 bits per heavy atom. The molecule has 2 saturated heterocycles. The first-order chi connectivity index (χ1) is 12.3. The lowest BCUT2D eigenvalue weighted by molar-refractivity contribution is 0.255. The van der Waals surface area contributed by atoms with E-state index in [4.69, 9.17) is 11.6 Å². The Labute approximate surface area is 158 Å². The fourth-order valence-electron chi connectivity index (χ4n) is 3.82. The van der Waals surface area contributed by atoms with Gasteiger partial charge in [0.2, 0.25) is 0 Å². The second-order valence-corrected chi connectivity index (χ2v) is 9.57. The highest BCUT2D eigenvalue weighted by molar-refractivity contribution is 7.91. The zero-order valence-corrected chi connectivity index (χ0v) is 16.1. The first-order valence-electron chi connectivity index (χ1n) is 8.42. The van der Waals surface area contributed by atoms with Gasteiger partial charge in [0.25, 0.3) is 0 Å². The molecule has 0 bridgehead atoms. The number of amides is 2. The van der Waals surface area contributed by atoms with Crippen LogP contribution in [0.4, 0.5) is 16.2 Å². The van der Waals surface area contributed by atoms with Crippen LogP contribution in [0.15, 0.2) is 42.5 Å². The van der Waals surface area contributed by atoms with Crippen molar-refractivity contribution in [2.45, 2.75) is 25.9 Å². The third-order valence-electron chi connectivity index (χ3n) is 5.08. The molecule has 0 spiro atoms. The Hall–Kier alpha value is -2.05. The molecule has 2 amide bonds. The van der Waals surface area contributed by atoms with Crippen LogP contribution < -0.4 is 9.80 Å². The number of benzene rings is 2. The summed E-state index contributed by atoms with van der Waals surface area (Å²) in [4.78, 5) is 16.5. The van der Waals surface area contributed by atoms with Crippen molar-refractivity contribution >= 4 is 38.8 Å². The number of sulfone groups is 1. The lowest BCUT2D eigenvalue weighted by atomic mass is 10.1. The van der Waals surface area contributed by atoms with Gasteiger partial charge in [-0.05, 0) is 49.2 Å². The van der Waals surface area contributed by atoms with Gasteiger partial charge in [-0.3, -0.25) is 9.80 Å². The summed E-state index contributed by atoms with van der Waals surface area (Å²) in [6, 6.07) is 12.0. The molecule has 2 aliphatic heterocycles. The maximum Gasteiger partial charge on any atom is 0.329 e. The Kier molecular flexibility index (Phi) is 4.00. The largest absolute Gasteiger partial charge is 0.329 e. The highest BCUT2D eigenvalue weighted by atomic mass is 35.5. The van der Waals surface area contributed by atoms with Gasteiger partial charge in [0.1, 0.15) is 0 Å². The minimum absolute atomic E-state index is 0.0204. The van der Waals surface area contributed by atoms with Crippen molar-refractivity contribution in [2.24, 2.45) is 0 Å². The molecule has 136 valence electrons. The second-order valence-electron chi connectivity index (χ2n) is 7.01. The fourth-order valence-corrected chi connectivity index (χ4v) is 5.91. The topological polar surface area (TPSA) is 57.7 Å². The van der Waals surface area contributed by atoms with Crippen molar-refractivity contribution in [3.05, 3.63) is 58.6 Å².